The number of aromatic hydroxyl groups is 1. The van der Waals surface area contributed by atoms with Gasteiger partial charge in [-0.1, -0.05) is 95.3 Å². The van der Waals surface area contributed by atoms with Crippen LogP contribution >= 0.6 is 0 Å². The maximum absolute atomic E-state index is 14.6. The molecule has 0 aromatic heterocycles. The molecule has 14 heteroatoms. The number of carbonyl (C=O) groups is 6. The van der Waals surface area contributed by atoms with Crippen LogP contribution in [-0.2, 0) is 32.0 Å². The van der Waals surface area contributed by atoms with Crippen molar-refractivity contribution in [1.82, 2.24) is 21.3 Å². The fourth-order valence-corrected chi connectivity index (χ4v) is 8.83. The highest BCUT2D eigenvalue weighted by Gasteiger charge is 2.48. The smallest absolute Gasteiger partial charge is 0.336 e. The van der Waals surface area contributed by atoms with Crippen molar-refractivity contribution >= 4 is 46.4 Å². The number of hydrogen-bond acceptors (Lipinski definition) is 9. The molecule has 2 aliphatic carbocycles. The normalized spacial score (nSPS) is 14.6. The number of benzene rings is 5. The Bertz CT molecular complexity index is 2930. The molecule has 4 amide bonds. The van der Waals surface area contributed by atoms with Crippen molar-refractivity contribution in [1.29, 1.82) is 0 Å². The lowest BCUT2D eigenvalue weighted by Crippen LogP contribution is -2.58. The summed E-state index contributed by atoms with van der Waals surface area (Å²) in [6, 6.07) is 26.7. The molecule has 364 valence electrons. The molecule has 1 aliphatic heterocycles. The zero-order chi connectivity index (χ0) is 50.3. The van der Waals surface area contributed by atoms with Crippen LogP contribution in [0.2, 0.25) is 0 Å². The van der Waals surface area contributed by atoms with Crippen LogP contribution in [-0.4, -0.2) is 69.8 Å². The molecule has 0 spiro atoms. The monoisotopic (exact) mass is 948 g/mol. The van der Waals surface area contributed by atoms with Crippen molar-refractivity contribution in [3.05, 3.63) is 148 Å². The zero-order valence-electron chi connectivity index (χ0n) is 40.0. The van der Waals surface area contributed by atoms with Gasteiger partial charge in [-0.2, -0.15) is 0 Å². The summed E-state index contributed by atoms with van der Waals surface area (Å²) in [7, 11) is 0. The predicted octanol–water partition coefficient (Wildman–Crippen LogP) is 7.86. The Morgan fingerprint density at radius 2 is 1.24 bits per heavy atom. The molecule has 0 radical (unpaired) electrons. The summed E-state index contributed by atoms with van der Waals surface area (Å²) in [6.07, 6.45) is 2.70. The van der Waals surface area contributed by atoms with Crippen LogP contribution in [0.1, 0.15) is 98.6 Å². The van der Waals surface area contributed by atoms with Gasteiger partial charge in [-0.05, 0) is 110 Å². The fourth-order valence-electron chi connectivity index (χ4n) is 8.83. The lowest BCUT2D eigenvalue weighted by atomic mass is 9.89. The molecule has 3 aliphatic rings. The summed E-state index contributed by atoms with van der Waals surface area (Å²) in [5.74, 6) is -3.82. The topological polar surface area (TPSA) is 221 Å². The third kappa shape index (κ3) is 12.3. The third-order valence-electron chi connectivity index (χ3n) is 12.8. The van der Waals surface area contributed by atoms with E-state index in [1.165, 1.54) is 48.5 Å². The summed E-state index contributed by atoms with van der Waals surface area (Å²) in [4.78, 5) is 96.6. The maximum Gasteiger partial charge on any atom is 0.336 e. The number of nitrogens with one attached hydrogen (secondary N) is 4. The van der Waals surface area contributed by atoms with E-state index in [2.05, 4.69) is 21.3 Å². The first-order chi connectivity index (χ1) is 33.4. The van der Waals surface area contributed by atoms with Gasteiger partial charge >= 0.3 is 5.97 Å². The second-order valence-electron chi connectivity index (χ2n) is 19.5. The van der Waals surface area contributed by atoms with E-state index in [9.17, 15) is 43.8 Å². The number of rotatable bonds is 21. The third-order valence-corrected chi connectivity index (χ3v) is 12.8. The van der Waals surface area contributed by atoms with E-state index in [1.54, 1.807) is 6.07 Å². The number of phenolic OH excluding ortho intramolecular Hbond substituents is 1. The minimum atomic E-state index is -1.29. The summed E-state index contributed by atoms with van der Waals surface area (Å²) in [5, 5.41) is 32.8. The van der Waals surface area contributed by atoms with Crippen LogP contribution in [0, 0.1) is 17.3 Å². The van der Waals surface area contributed by atoms with Crippen LogP contribution in [0.3, 0.4) is 0 Å². The Labute approximate surface area is 406 Å². The number of ketones is 1. The van der Waals surface area contributed by atoms with Gasteiger partial charge in [0, 0.05) is 46.0 Å². The molecule has 4 atom stereocenters. The van der Waals surface area contributed by atoms with E-state index in [1.807, 2.05) is 95.3 Å². The summed E-state index contributed by atoms with van der Waals surface area (Å²) < 4.78 is 5.98. The SMILES string of the molecule is CC(C)C[C@H](NC(=O)[C@H](CCc1ccccc1)NC(=O)c1ccc(C(=O)O)c(-c2c3ccc(=O)cc-3oc3cc(O)ccc23)c1)C(=O)N[C@@H](Cc1ccccc1)C(=O)N[C@@H](CC(C)C)C(=O)C1(C)CC1. The number of aromatic carboxylic acids is 1. The van der Waals surface area contributed by atoms with Crippen LogP contribution in [0.15, 0.2) is 124 Å². The highest BCUT2D eigenvalue weighted by Crippen LogP contribution is 2.47. The van der Waals surface area contributed by atoms with E-state index >= 15 is 0 Å². The van der Waals surface area contributed by atoms with Crippen molar-refractivity contribution in [2.24, 2.45) is 17.3 Å². The Morgan fingerprint density at radius 3 is 1.89 bits per heavy atom. The molecule has 14 nitrogen and oxygen atoms in total. The van der Waals surface area contributed by atoms with Gasteiger partial charge in [-0.25, -0.2) is 4.79 Å². The molecule has 1 saturated carbocycles. The number of carboxylic acids is 1. The Morgan fingerprint density at radius 1 is 0.643 bits per heavy atom. The molecule has 0 unspecified atom stereocenters. The van der Waals surface area contributed by atoms with Crippen molar-refractivity contribution in [3.8, 4) is 28.2 Å². The first-order valence-corrected chi connectivity index (χ1v) is 23.8. The quantitative estimate of drug-likeness (QED) is 0.0384. The van der Waals surface area contributed by atoms with Gasteiger partial charge < -0.3 is 35.9 Å². The van der Waals surface area contributed by atoms with Crippen LogP contribution in [0.25, 0.3) is 33.4 Å². The first-order valence-electron chi connectivity index (χ1n) is 23.8. The van der Waals surface area contributed by atoms with Crippen molar-refractivity contribution in [2.45, 2.75) is 104 Å². The van der Waals surface area contributed by atoms with Crippen LogP contribution < -0.4 is 26.7 Å². The number of phenols is 1. The first kappa shape index (κ1) is 50.3. The molecule has 1 fully saturated rings. The van der Waals surface area contributed by atoms with Gasteiger partial charge in [0.2, 0.25) is 17.7 Å². The maximum atomic E-state index is 14.6. The number of hydrogen-bond donors (Lipinski definition) is 6. The van der Waals surface area contributed by atoms with Crippen LogP contribution in [0.4, 0.5) is 0 Å². The molecule has 1 heterocycles. The van der Waals surface area contributed by atoms with Crippen LogP contribution in [0.5, 0.6) is 5.75 Å². The molecular weight excluding hydrogens is 889 g/mol. The predicted molar refractivity (Wildman–Crippen MR) is 266 cm³/mol. The van der Waals surface area contributed by atoms with Crippen molar-refractivity contribution in [3.63, 3.8) is 0 Å². The molecule has 4 aromatic carbocycles. The van der Waals surface area contributed by atoms with E-state index in [0.29, 0.717) is 29.4 Å². The van der Waals surface area contributed by atoms with E-state index in [-0.39, 0.29) is 76.1 Å². The number of aryl methyl sites for hydroxylation is 1. The van der Waals surface area contributed by atoms with E-state index in [4.69, 9.17) is 4.42 Å². The number of amides is 4. The second kappa shape index (κ2) is 21.8. The average molecular weight is 949 g/mol. The van der Waals surface area contributed by atoms with Crippen molar-refractivity contribution in [2.75, 3.05) is 0 Å². The fraction of sp³-hybridized carbons (Fsp3) is 0.339. The molecule has 4 aromatic rings. The lowest BCUT2D eigenvalue weighted by Gasteiger charge is -2.28. The molecule has 0 bridgehead atoms. The Kier molecular flexibility index (Phi) is 15.6. The highest BCUT2D eigenvalue weighted by atomic mass is 16.4. The van der Waals surface area contributed by atoms with Gasteiger partial charge in [0.1, 0.15) is 35.2 Å². The van der Waals surface area contributed by atoms with Gasteiger partial charge in [-0.3, -0.25) is 28.8 Å². The number of Topliss-reactive ketones (excluding diaryl/α,β-unsaturated/α-hetero) is 1. The second-order valence-corrected chi connectivity index (χ2v) is 19.5. The van der Waals surface area contributed by atoms with Gasteiger partial charge in [-0.15, -0.1) is 0 Å². The van der Waals surface area contributed by atoms with Gasteiger partial charge in [0.25, 0.3) is 5.91 Å². The molecular formula is C56H60N4O10. The zero-order valence-corrected chi connectivity index (χ0v) is 40.0. The highest BCUT2D eigenvalue weighted by molar-refractivity contribution is 6.09. The lowest BCUT2D eigenvalue weighted by molar-refractivity contribution is -0.134. The summed E-state index contributed by atoms with van der Waals surface area (Å²) in [6.45, 7) is 9.66. The standard InChI is InChI=1S/C56H60N4O10/c1-32(2)26-44(50(63)56(5)24-25-56)58-54(67)46(28-35-14-10-7-11-15-35)60-53(66)45(27-33(3)4)59-52(65)43(23-16-34-12-8-6-9-13-34)57-51(64)36-17-20-39(55(68)69)42(29-36)49-40-21-18-37(61)30-47(40)70-48-31-38(62)19-22-41(48)49/h6-15,17-22,29-33,43-46,61H,16,23-28H2,1-5H3,(H,57,64)(H,58,67)(H,59,65)(H,60,66)(H,68,69)/t43-,44-,45-,46-/m0/s1. The molecule has 0 saturated heterocycles. The number of carboxylic acid groups (broad SMARTS) is 1. The van der Waals surface area contributed by atoms with Gasteiger partial charge in [0.05, 0.1) is 11.6 Å². The Hall–Kier alpha value is -7.61. The van der Waals surface area contributed by atoms with E-state index in [0.717, 1.165) is 24.0 Å². The minimum absolute atomic E-state index is 0.00926. The average Bonchev–Trinajstić information content (AvgIpc) is 4.08. The minimum Gasteiger partial charge on any atom is -0.508 e. The number of carbonyl (C=O) groups excluding carboxylic acids is 5. The van der Waals surface area contributed by atoms with Crippen molar-refractivity contribution < 1.29 is 43.4 Å². The Balaban J connectivity index is 1.18. The summed E-state index contributed by atoms with van der Waals surface area (Å²) >= 11 is 0. The van der Waals surface area contributed by atoms with E-state index < -0.39 is 59.2 Å². The largest absolute Gasteiger partial charge is 0.508 e. The summed E-state index contributed by atoms with van der Waals surface area (Å²) in [5.41, 5.74) is 1.65. The molecule has 7 rings (SSSR count). The van der Waals surface area contributed by atoms with Gasteiger partial charge in [0.15, 0.2) is 11.2 Å². The molecule has 6 N–H and O–H groups in total. The number of fused-ring (bicyclic) bond motifs is 2. The molecule has 70 heavy (non-hydrogen) atoms.